The topological polar surface area (TPSA) is 29.5 Å². The van der Waals surface area contributed by atoms with Crippen LogP contribution in [0.4, 0.5) is 4.39 Å². The molecule has 1 aliphatic heterocycles. The normalized spacial score (nSPS) is 14.2. The van der Waals surface area contributed by atoms with E-state index < -0.39 is 5.82 Å². The highest BCUT2D eigenvalue weighted by atomic mass is 35.5. The van der Waals surface area contributed by atoms with Crippen LogP contribution in [0.3, 0.4) is 0 Å². The molecule has 0 atom stereocenters. The molecule has 24 heavy (non-hydrogen) atoms. The molecule has 0 N–H and O–H groups in total. The van der Waals surface area contributed by atoms with Crippen LogP contribution in [0.2, 0.25) is 5.02 Å². The molecule has 1 fully saturated rings. The molecule has 1 amide bonds. The maximum absolute atomic E-state index is 14.3. The van der Waals surface area contributed by atoms with Crippen molar-refractivity contribution < 1.29 is 13.9 Å². The largest absolute Gasteiger partial charge is 0.380 e. The SMILES string of the molecule is COCc1cc(C(=O)N2CCCC2)ccc1-c1ccc(Cl)cc1F. The maximum atomic E-state index is 14.3. The molecule has 5 heteroatoms. The van der Waals surface area contributed by atoms with E-state index in [1.165, 1.54) is 6.07 Å². The minimum Gasteiger partial charge on any atom is -0.380 e. The monoisotopic (exact) mass is 347 g/mol. The average molecular weight is 348 g/mol. The van der Waals surface area contributed by atoms with Crippen molar-refractivity contribution in [3.8, 4) is 11.1 Å². The van der Waals surface area contributed by atoms with E-state index in [9.17, 15) is 9.18 Å². The van der Waals surface area contributed by atoms with Gasteiger partial charge >= 0.3 is 0 Å². The molecule has 1 heterocycles. The molecule has 0 aliphatic carbocycles. The van der Waals surface area contributed by atoms with Gasteiger partial charge in [-0.05, 0) is 54.3 Å². The number of hydrogen-bond donors (Lipinski definition) is 0. The van der Waals surface area contributed by atoms with Crippen LogP contribution in [-0.2, 0) is 11.3 Å². The highest BCUT2D eigenvalue weighted by Crippen LogP contribution is 2.30. The van der Waals surface area contributed by atoms with Gasteiger partial charge in [0.25, 0.3) is 5.91 Å². The van der Waals surface area contributed by atoms with E-state index in [0.29, 0.717) is 28.3 Å². The van der Waals surface area contributed by atoms with Crippen LogP contribution in [-0.4, -0.2) is 31.0 Å². The maximum Gasteiger partial charge on any atom is 0.253 e. The van der Waals surface area contributed by atoms with Crippen molar-refractivity contribution in [2.45, 2.75) is 19.4 Å². The van der Waals surface area contributed by atoms with Gasteiger partial charge in [-0.25, -0.2) is 4.39 Å². The fourth-order valence-corrected chi connectivity index (χ4v) is 3.23. The van der Waals surface area contributed by atoms with Gasteiger partial charge in [0.1, 0.15) is 5.82 Å². The van der Waals surface area contributed by atoms with E-state index in [-0.39, 0.29) is 5.91 Å². The Morgan fingerprint density at radius 2 is 1.88 bits per heavy atom. The third-order valence-corrected chi connectivity index (χ3v) is 4.50. The predicted octanol–water partition coefficient (Wildman–Crippen LogP) is 4.53. The Balaban J connectivity index is 1.99. The molecule has 0 unspecified atom stereocenters. The summed E-state index contributed by atoms with van der Waals surface area (Å²) in [5, 5.41) is 0.352. The van der Waals surface area contributed by atoms with Gasteiger partial charge in [-0.1, -0.05) is 17.7 Å². The fraction of sp³-hybridized carbons (Fsp3) is 0.316. The van der Waals surface area contributed by atoms with Crippen LogP contribution in [0.5, 0.6) is 0 Å². The molecule has 1 aliphatic rings. The van der Waals surface area contributed by atoms with E-state index in [0.717, 1.165) is 31.5 Å². The lowest BCUT2D eigenvalue weighted by atomic mass is 9.97. The molecule has 0 bridgehead atoms. The summed E-state index contributed by atoms with van der Waals surface area (Å²) in [5.74, 6) is -0.369. The number of amides is 1. The Hall–Kier alpha value is -1.91. The van der Waals surface area contributed by atoms with Crippen molar-refractivity contribution in [3.05, 3.63) is 58.4 Å². The number of likely N-dealkylation sites (tertiary alicyclic amines) is 1. The van der Waals surface area contributed by atoms with Crippen molar-refractivity contribution in [2.24, 2.45) is 0 Å². The highest BCUT2D eigenvalue weighted by Gasteiger charge is 2.21. The van der Waals surface area contributed by atoms with Gasteiger partial charge in [0.2, 0.25) is 0 Å². The molecule has 0 aromatic heterocycles. The molecule has 2 aromatic rings. The summed E-state index contributed by atoms with van der Waals surface area (Å²) in [6.45, 7) is 1.90. The van der Waals surface area contributed by atoms with Crippen LogP contribution in [0.15, 0.2) is 36.4 Å². The van der Waals surface area contributed by atoms with Crippen LogP contribution in [0.25, 0.3) is 11.1 Å². The molecule has 0 spiro atoms. The van der Waals surface area contributed by atoms with Crippen LogP contribution >= 0.6 is 11.6 Å². The molecular formula is C19H19ClFNO2. The summed E-state index contributed by atoms with van der Waals surface area (Å²) in [7, 11) is 1.58. The number of methoxy groups -OCH3 is 1. The summed E-state index contributed by atoms with van der Waals surface area (Å²) in [6, 6.07) is 9.92. The fourth-order valence-electron chi connectivity index (χ4n) is 3.08. The molecule has 3 rings (SSSR count). The van der Waals surface area contributed by atoms with E-state index in [2.05, 4.69) is 0 Å². The number of carbonyl (C=O) groups is 1. The van der Waals surface area contributed by atoms with Crippen molar-refractivity contribution in [1.82, 2.24) is 4.90 Å². The van der Waals surface area contributed by atoms with Crippen LogP contribution in [0.1, 0.15) is 28.8 Å². The van der Waals surface area contributed by atoms with Crippen molar-refractivity contribution in [3.63, 3.8) is 0 Å². The zero-order valence-electron chi connectivity index (χ0n) is 13.5. The predicted molar refractivity (Wildman–Crippen MR) is 92.7 cm³/mol. The average Bonchev–Trinajstić information content (AvgIpc) is 3.09. The Bertz CT molecular complexity index is 757. The quantitative estimate of drug-likeness (QED) is 0.813. The van der Waals surface area contributed by atoms with Crippen LogP contribution < -0.4 is 0 Å². The van der Waals surface area contributed by atoms with Gasteiger partial charge in [0.15, 0.2) is 0 Å². The lowest BCUT2D eigenvalue weighted by Crippen LogP contribution is -2.27. The summed E-state index contributed by atoms with van der Waals surface area (Å²) >= 11 is 5.83. The second-order valence-electron chi connectivity index (χ2n) is 5.93. The standard InChI is InChI=1S/C19H19ClFNO2/c1-24-12-14-10-13(19(23)22-8-2-3-9-22)4-6-16(14)17-7-5-15(20)11-18(17)21/h4-7,10-11H,2-3,8-9,12H2,1H3. The van der Waals surface area contributed by atoms with Gasteiger partial charge < -0.3 is 9.64 Å². The van der Waals surface area contributed by atoms with Gasteiger partial charge in [0, 0.05) is 36.3 Å². The molecule has 1 saturated heterocycles. The summed E-state index contributed by atoms with van der Waals surface area (Å²) in [6.07, 6.45) is 2.09. The second-order valence-corrected chi connectivity index (χ2v) is 6.36. The first kappa shape index (κ1) is 16.9. The van der Waals surface area contributed by atoms with Crippen molar-refractivity contribution >= 4 is 17.5 Å². The first-order valence-electron chi connectivity index (χ1n) is 7.96. The van der Waals surface area contributed by atoms with Crippen molar-refractivity contribution in [2.75, 3.05) is 20.2 Å². The third kappa shape index (κ3) is 3.45. The van der Waals surface area contributed by atoms with Gasteiger partial charge in [-0.3, -0.25) is 4.79 Å². The second kappa shape index (κ2) is 7.32. The van der Waals surface area contributed by atoms with Gasteiger partial charge in [0.05, 0.1) is 6.61 Å². The number of benzene rings is 2. The van der Waals surface area contributed by atoms with E-state index >= 15 is 0 Å². The van der Waals surface area contributed by atoms with Gasteiger partial charge in [-0.15, -0.1) is 0 Å². The zero-order valence-corrected chi connectivity index (χ0v) is 14.3. The van der Waals surface area contributed by atoms with Gasteiger partial charge in [-0.2, -0.15) is 0 Å². The number of hydrogen-bond acceptors (Lipinski definition) is 2. The minimum atomic E-state index is -0.390. The Kier molecular flexibility index (Phi) is 5.17. The summed E-state index contributed by atoms with van der Waals surface area (Å²) in [4.78, 5) is 14.4. The Labute approximate surface area is 146 Å². The summed E-state index contributed by atoms with van der Waals surface area (Å²) in [5.41, 5.74) is 2.56. The lowest BCUT2D eigenvalue weighted by molar-refractivity contribution is 0.0792. The number of carbonyl (C=O) groups excluding carboxylic acids is 1. The molecular weight excluding hydrogens is 329 g/mol. The molecule has 126 valence electrons. The smallest absolute Gasteiger partial charge is 0.253 e. The summed E-state index contributed by atoms with van der Waals surface area (Å²) < 4.78 is 19.5. The number of rotatable bonds is 4. The van der Waals surface area contributed by atoms with Crippen LogP contribution in [0, 0.1) is 5.82 Å². The minimum absolute atomic E-state index is 0.0213. The lowest BCUT2D eigenvalue weighted by Gasteiger charge is -2.17. The Morgan fingerprint density at radius 3 is 2.54 bits per heavy atom. The number of nitrogens with zero attached hydrogens (tertiary/aromatic N) is 1. The molecule has 0 radical (unpaired) electrons. The number of halogens is 2. The third-order valence-electron chi connectivity index (χ3n) is 4.27. The number of ether oxygens (including phenoxy) is 1. The van der Waals surface area contributed by atoms with E-state index in [4.69, 9.17) is 16.3 Å². The molecule has 0 saturated carbocycles. The Morgan fingerprint density at radius 1 is 1.17 bits per heavy atom. The zero-order chi connectivity index (χ0) is 17.1. The van der Waals surface area contributed by atoms with E-state index in [1.807, 2.05) is 4.90 Å². The molecule has 2 aromatic carbocycles. The molecule has 3 nitrogen and oxygen atoms in total. The highest BCUT2D eigenvalue weighted by molar-refractivity contribution is 6.30. The first-order valence-corrected chi connectivity index (χ1v) is 8.34. The first-order chi connectivity index (χ1) is 11.6. The van der Waals surface area contributed by atoms with Crippen molar-refractivity contribution in [1.29, 1.82) is 0 Å². The van der Waals surface area contributed by atoms with E-state index in [1.54, 1.807) is 37.4 Å².